The first-order chi connectivity index (χ1) is 9.65. The van der Waals surface area contributed by atoms with E-state index in [9.17, 15) is 4.39 Å². The van der Waals surface area contributed by atoms with Crippen molar-refractivity contribution in [1.82, 2.24) is 4.98 Å². The molecule has 2 rings (SSSR count). The normalized spacial score (nSPS) is 12.2. The summed E-state index contributed by atoms with van der Waals surface area (Å²) in [7, 11) is 0. The van der Waals surface area contributed by atoms with Gasteiger partial charge in [0.05, 0.1) is 6.20 Å². The van der Waals surface area contributed by atoms with E-state index in [-0.39, 0.29) is 6.54 Å². The van der Waals surface area contributed by atoms with Gasteiger partial charge < -0.3 is 10.5 Å². The van der Waals surface area contributed by atoms with Crippen LogP contribution in [0.25, 0.3) is 0 Å². The molecule has 1 unspecified atom stereocenters. The molecule has 1 heterocycles. The lowest BCUT2D eigenvalue weighted by atomic mass is 9.98. The van der Waals surface area contributed by atoms with Crippen LogP contribution in [0.3, 0.4) is 0 Å². The van der Waals surface area contributed by atoms with Gasteiger partial charge in [-0.15, -0.1) is 0 Å². The quantitative estimate of drug-likeness (QED) is 0.897. The van der Waals surface area contributed by atoms with Crippen LogP contribution in [-0.2, 0) is 6.54 Å². The summed E-state index contributed by atoms with van der Waals surface area (Å²) < 4.78 is 19.0. The molecule has 0 aliphatic carbocycles. The lowest BCUT2D eigenvalue weighted by Crippen LogP contribution is -2.03. The Morgan fingerprint density at radius 1 is 1.35 bits per heavy atom. The van der Waals surface area contributed by atoms with E-state index in [1.165, 1.54) is 6.07 Å². The smallest absolute Gasteiger partial charge is 0.223 e. The van der Waals surface area contributed by atoms with E-state index in [4.69, 9.17) is 10.5 Å². The number of nitrogens with two attached hydrogens (primary N) is 1. The minimum atomic E-state index is -0.409. The highest BCUT2D eigenvalue weighted by Crippen LogP contribution is 2.32. The molecule has 106 valence electrons. The molecular weight excluding hydrogens is 255 g/mol. The molecule has 3 nitrogen and oxygen atoms in total. The van der Waals surface area contributed by atoms with Crippen molar-refractivity contribution in [2.24, 2.45) is 5.73 Å². The lowest BCUT2D eigenvalue weighted by Gasteiger charge is -2.16. The van der Waals surface area contributed by atoms with Crippen molar-refractivity contribution in [1.29, 1.82) is 0 Å². The molecule has 0 saturated heterocycles. The minimum absolute atomic E-state index is 0.186. The van der Waals surface area contributed by atoms with E-state index in [1.807, 2.05) is 24.3 Å². The van der Waals surface area contributed by atoms with Crippen LogP contribution in [0.15, 0.2) is 36.5 Å². The second-order valence-corrected chi connectivity index (χ2v) is 4.77. The number of halogens is 1. The summed E-state index contributed by atoms with van der Waals surface area (Å²) in [5.74, 6) is 1.08. The Hall–Kier alpha value is -1.94. The summed E-state index contributed by atoms with van der Waals surface area (Å²) in [5, 5.41) is 0. The van der Waals surface area contributed by atoms with Crippen molar-refractivity contribution in [3.8, 4) is 11.6 Å². The first-order valence-electron chi connectivity index (χ1n) is 6.77. The monoisotopic (exact) mass is 274 g/mol. The molecule has 1 atom stereocenters. The number of para-hydroxylation sites is 1. The maximum atomic E-state index is 13.2. The van der Waals surface area contributed by atoms with Crippen LogP contribution in [-0.4, -0.2) is 4.98 Å². The van der Waals surface area contributed by atoms with E-state index in [1.54, 1.807) is 0 Å². The Bertz CT molecular complexity index is 586. The molecule has 20 heavy (non-hydrogen) atoms. The van der Waals surface area contributed by atoms with Crippen LogP contribution in [0.5, 0.6) is 11.6 Å². The Morgan fingerprint density at radius 3 is 2.80 bits per heavy atom. The fourth-order valence-corrected chi connectivity index (χ4v) is 2.01. The first kappa shape index (κ1) is 14.5. The fraction of sp³-hybridized carbons (Fsp3) is 0.312. The van der Waals surface area contributed by atoms with Crippen LogP contribution in [0.2, 0.25) is 0 Å². The van der Waals surface area contributed by atoms with Gasteiger partial charge in [0.1, 0.15) is 11.6 Å². The fourth-order valence-electron chi connectivity index (χ4n) is 2.01. The van der Waals surface area contributed by atoms with E-state index in [2.05, 4.69) is 18.8 Å². The predicted octanol–water partition coefficient (Wildman–Crippen LogP) is 3.99. The van der Waals surface area contributed by atoms with Crippen molar-refractivity contribution in [2.45, 2.75) is 32.7 Å². The maximum absolute atomic E-state index is 13.2. The third-order valence-corrected chi connectivity index (χ3v) is 3.38. The van der Waals surface area contributed by atoms with Gasteiger partial charge in [0.25, 0.3) is 0 Å². The Balaban J connectivity index is 2.35. The van der Waals surface area contributed by atoms with Gasteiger partial charge in [0.2, 0.25) is 5.88 Å². The number of rotatable bonds is 5. The van der Waals surface area contributed by atoms with E-state index in [0.29, 0.717) is 17.4 Å². The van der Waals surface area contributed by atoms with Crippen LogP contribution in [0.1, 0.15) is 37.3 Å². The van der Waals surface area contributed by atoms with Crippen molar-refractivity contribution < 1.29 is 9.13 Å². The highest BCUT2D eigenvalue weighted by atomic mass is 19.1. The lowest BCUT2D eigenvalue weighted by molar-refractivity contribution is 0.442. The molecule has 1 aromatic carbocycles. The van der Waals surface area contributed by atoms with Crippen molar-refractivity contribution in [3.63, 3.8) is 0 Å². The minimum Gasteiger partial charge on any atom is -0.438 e. The highest BCUT2D eigenvalue weighted by molar-refractivity contribution is 5.40. The van der Waals surface area contributed by atoms with Gasteiger partial charge in [-0.05, 0) is 30.0 Å². The zero-order valence-electron chi connectivity index (χ0n) is 11.8. The summed E-state index contributed by atoms with van der Waals surface area (Å²) >= 11 is 0. The zero-order valence-corrected chi connectivity index (χ0v) is 11.8. The number of pyridine rings is 1. The molecule has 4 heteroatoms. The Morgan fingerprint density at radius 2 is 2.10 bits per heavy atom. The standard InChI is InChI=1S/C16H19FN2O/c1-3-11(2)14-6-4-5-7-15(14)20-16-12(9-18)8-13(17)10-19-16/h4-8,10-11H,3,9,18H2,1-2H3. The third-order valence-electron chi connectivity index (χ3n) is 3.38. The van der Waals surface area contributed by atoms with Gasteiger partial charge in [-0.1, -0.05) is 32.0 Å². The highest BCUT2D eigenvalue weighted by Gasteiger charge is 2.13. The average Bonchev–Trinajstić information content (AvgIpc) is 2.48. The largest absolute Gasteiger partial charge is 0.438 e. The van der Waals surface area contributed by atoms with Gasteiger partial charge in [-0.3, -0.25) is 0 Å². The maximum Gasteiger partial charge on any atom is 0.223 e. The molecule has 0 aliphatic rings. The molecular formula is C16H19FN2O. The summed E-state index contributed by atoms with van der Waals surface area (Å²) in [5.41, 5.74) is 7.28. The Kier molecular flexibility index (Phi) is 4.69. The van der Waals surface area contributed by atoms with Crippen LogP contribution < -0.4 is 10.5 Å². The number of benzene rings is 1. The number of hydrogen-bond acceptors (Lipinski definition) is 3. The molecule has 0 saturated carbocycles. The first-order valence-corrected chi connectivity index (χ1v) is 6.77. The van der Waals surface area contributed by atoms with Crippen molar-refractivity contribution in [2.75, 3.05) is 0 Å². The van der Waals surface area contributed by atoms with Gasteiger partial charge in [-0.25, -0.2) is 9.37 Å². The molecule has 0 spiro atoms. The average molecular weight is 274 g/mol. The van der Waals surface area contributed by atoms with E-state index >= 15 is 0 Å². The topological polar surface area (TPSA) is 48.1 Å². The number of nitrogens with zero attached hydrogens (tertiary/aromatic N) is 1. The van der Waals surface area contributed by atoms with Crippen molar-refractivity contribution >= 4 is 0 Å². The van der Waals surface area contributed by atoms with Crippen LogP contribution >= 0.6 is 0 Å². The van der Waals surface area contributed by atoms with Crippen LogP contribution in [0, 0.1) is 5.82 Å². The number of aromatic nitrogens is 1. The molecule has 0 aliphatic heterocycles. The van der Waals surface area contributed by atoms with Gasteiger partial charge in [-0.2, -0.15) is 0 Å². The van der Waals surface area contributed by atoms with Crippen molar-refractivity contribution in [3.05, 3.63) is 53.5 Å². The SMILES string of the molecule is CCC(C)c1ccccc1Oc1ncc(F)cc1CN. The molecule has 0 fully saturated rings. The summed E-state index contributed by atoms with van der Waals surface area (Å²) in [6, 6.07) is 9.18. The second kappa shape index (κ2) is 6.48. The molecule has 2 aromatic rings. The van der Waals surface area contributed by atoms with Gasteiger partial charge in [0, 0.05) is 12.1 Å². The van der Waals surface area contributed by atoms with E-state index in [0.717, 1.165) is 23.9 Å². The second-order valence-electron chi connectivity index (χ2n) is 4.77. The predicted molar refractivity (Wildman–Crippen MR) is 77.3 cm³/mol. The summed E-state index contributed by atoms with van der Waals surface area (Å²) in [6.45, 7) is 4.46. The summed E-state index contributed by atoms with van der Waals surface area (Å²) in [6.07, 6.45) is 2.15. The van der Waals surface area contributed by atoms with Crippen LogP contribution in [0.4, 0.5) is 4.39 Å². The molecule has 0 amide bonds. The molecule has 0 radical (unpaired) electrons. The molecule has 2 N–H and O–H groups in total. The molecule has 0 bridgehead atoms. The third kappa shape index (κ3) is 3.14. The van der Waals surface area contributed by atoms with Gasteiger partial charge in [0.15, 0.2) is 0 Å². The zero-order chi connectivity index (χ0) is 14.5. The molecule has 1 aromatic heterocycles. The number of ether oxygens (including phenoxy) is 1. The van der Waals surface area contributed by atoms with E-state index < -0.39 is 5.82 Å². The summed E-state index contributed by atoms with van der Waals surface area (Å²) in [4.78, 5) is 3.99. The van der Waals surface area contributed by atoms with Gasteiger partial charge >= 0.3 is 0 Å². The number of hydrogen-bond donors (Lipinski definition) is 1. The Labute approximate surface area is 118 Å².